The lowest BCUT2D eigenvalue weighted by atomic mass is 10.1. The Morgan fingerprint density at radius 3 is 2.69 bits per heavy atom. The summed E-state index contributed by atoms with van der Waals surface area (Å²) < 4.78 is 5.04. The molecule has 0 saturated heterocycles. The van der Waals surface area contributed by atoms with Crippen LogP contribution in [0.4, 0.5) is 11.5 Å². The number of carbonyl (C=O) groups excluding carboxylic acids is 2. The molecule has 0 aliphatic rings. The Morgan fingerprint density at radius 1 is 0.949 bits per heavy atom. The molecule has 10 heteroatoms. The second kappa shape index (κ2) is 10.2. The van der Waals surface area contributed by atoms with Crippen LogP contribution in [0.3, 0.4) is 0 Å². The number of aromatic nitrogens is 5. The van der Waals surface area contributed by atoms with E-state index in [9.17, 15) is 9.59 Å². The zero-order valence-electron chi connectivity index (χ0n) is 20.6. The van der Waals surface area contributed by atoms with Gasteiger partial charge in [0.15, 0.2) is 5.82 Å². The molecular formula is C29H23N7O3. The number of carbonyl (C=O) groups is 2. The van der Waals surface area contributed by atoms with E-state index in [0.29, 0.717) is 17.2 Å². The number of aromatic amines is 2. The molecular weight excluding hydrogens is 494 g/mol. The standard InChI is InChI=1S/C29H23N7O3/c30-22(12-17-4-2-1-3-5-17)28(37)39-29(38)25-14-18-6-7-19(15-24(18)34-25)27-31-11-10-26(35-27)33-21-8-9-23-20(13-21)16-32-36-23/h1-11,13-16,22,34H,12,30H2,(H,32,36)(H,31,33,35). The lowest BCUT2D eigenvalue weighted by Crippen LogP contribution is -2.35. The van der Waals surface area contributed by atoms with Crippen molar-refractivity contribution in [2.75, 3.05) is 5.32 Å². The van der Waals surface area contributed by atoms with Crippen molar-refractivity contribution in [2.24, 2.45) is 5.73 Å². The molecule has 0 saturated carbocycles. The molecule has 3 aromatic heterocycles. The van der Waals surface area contributed by atoms with E-state index in [2.05, 4.69) is 30.5 Å². The highest BCUT2D eigenvalue weighted by molar-refractivity contribution is 6.01. The first-order valence-corrected chi connectivity index (χ1v) is 12.2. The van der Waals surface area contributed by atoms with E-state index in [1.165, 1.54) is 0 Å². The van der Waals surface area contributed by atoms with Gasteiger partial charge < -0.3 is 20.8 Å². The van der Waals surface area contributed by atoms with Crippen LogP contribution in [-0.4, -0.2) is 43.1 Å². The van der Waals surface area contributed by atoms with Crippen LogP contribution < -0.4 is 11.1 Å². The second-order valence-corrected chi connectivity index (χ2v) is 9.05. The second-order valence-electron chi connectivity index (χ2n) is 9.05. The number of nitrogens with one attached hydrogen (secondary N) is 3. The van der Waals surface area contributed by atoms with Crippen molar-refractivity contribution in [1.29, 1.82) is 0 Å². The number of anilines is 2. The topological polar surface area (TPSA) is 152 Å². The summed E-state index contributed by atoms with van der Waals surface area (Å²) in [5, 5.41) is 12.0. The van der Waals surface area contributed by atoms with E-state index in [1.54, 1.807) is 24.5 Å². The van der Waals surface area contributed by atoms with E-state index in [4.69, 9.17) is 10.5 Å². The van der Waals surface area contributed by atoms with Gasteiger partial charge in [0.25, 0.3) is 0 Å². The van der Waals surface area contributed by atoms with Crippen LogP contribution in [-0.2, 0) is 16.0 Å². The molecule has 39 heavy (non-hydrogen) atoms. The SMILES string of the molecule is NC(Cc1ccccc1)C(=O)OC(=O)c1cc2ccc(-c3nccc(Nc4ccc5[nH]ncc5c4)n3)cc2[nH]1. The number of rotatable bonds is 7. The van der Waals surface area contributed by atoms with Gasteiger partial charge in [0.2, 0.25) is 0 Å². The molecule has 0 amide bonds. The van der Waals surface area contributed by atoms with Crippen molar-refractivity contribution >= 4 is 45.2 Å². The Hall–Kier alpha value is -5.35. The summed E-state index contributed by atoms with van der Waals surface area (Å²) in [5.74, 6) is -0.442. The smallest absolute Gasteiger partial charge is 0.362 e. The van der Waals surface area contributed by atoms with Gasteiger partial charge in [-0.2, -0.15) is 5.10 Å². The molecule has 3 aromatic carbocycles. The number of fused-ring (bicyclic) bond motifs is 2. The van der Waals surface area contributed by atoms with Crippen LogP contribution in [0.5, 0.6) is 0 Å². The van der Waals surface area contributed by atoms with Crippen LogP contribution in [0.1, 0.15) is 16.1 Å². The Morgan fingerprint density at radius 2 is 1.82 bits per heavy atom. The van der Waals surface area contributed by atoms with Crippen LogP contribution >= 0.6 is 0 Å². The summed E-state index contributed by atoms with van der Waals surface area (Å²) in [6, 6.07) is 23.2. The minimum absolute atomic E-state index is 0.147. The van der Waals surface area contributed by atoms with E-state index in [1.807, 2.05) is 66.7 Å². The average Bonchev–Trinajstić information content (AvgIpc) is 3.60. The zero-order chi connectivity index (χ0) is 26.8. The number of esters is 2. The summed E-state index contributed by atoms with van der Waals surface area (Å²) >= 11 is 0. The Kier molecular flexibility index (Phi) is 6.28. The lowest BCUT2D eigenvalue weighted by molar-refractivity contribution is -0.139. The summed E-state index contributed by atoms with van der Waals surface area (Å²) in [6.45, 7) is 0. The van der Waals surface area contributed by atoms with E-state index < -0.39 is 18.0 Å². The van der Waals surface area contributed by atoms with Crippen LogP contribution in [0.25, 0.3) is 33.2 Å². The molecule has 0 fully saturated rings. The average molecular weight is 518 g/mol. The quantitative estimate of drug-likeness (QED) is 0.178. The first-order valence-electron chi connectivity index (χ1n) is 12.2. The van der Waals surface area contributed by atoms with Gasteiger partial charge in [0.1, 0.15) is 17.6 Å². The number of hydrogen-bond donors (Lipinski definition) is 4. The fourth-order valence-corrected chi connectivity index (χ4v) is 4.29. The molecule has 6 rings (SSSR count). The summed E-state index contributed by atoms with van der Waals surface area (Å²) in [6.07, 6.45) is 3.71. The van der Waals surface area contributed by atoms with Crippen molar-refractivity contribution in [3.8, 4) is 11.4 Å². The lowest BCUT2D eigenvalue weighted by Gasteiger charge is -2.09. The highest BCUT2D eigenvalue weighted by Crippen LogP contribution is 2.25. The molecule has 0 aliphatic carbocycles. The van der Waals surface area contributed by atoms with E-state index in [-0.39, 0.29) is 12.1 Å². The number of hydrogen-bond acceptors (Lipinski definition) is 8. The maximum atomic E-state index is 12.7. The fraction of sp³-hybridized carbons (Fsp3) is 0.0690. The highest BCUT2D eigenvalue weighted by Gasteiger charge is 2.21. The molecule has 1 unspecified atom stereocenters. The molecule has 0 bridgehead atoms. The Labute approximate surface area is 222 Å². The van der Waals surface area contributed by atoms with Gasteiger partial charge in [-0.15, -0.1) is 0 Å². The third-order valence-corrected chi connectivity index (χ3v) is 6.26. The monoisotopic (exact) mass is 517 g/mol. The minimum atomic E-state index is -0.952. The third-order valence-electron chi connectivity index (χ3n) is 6.26. The van der Waals surface area contributed by atoms with E-state index in [0.717, 1.165) is 33.1 Å². The van der Waals surface area contributed by atoms with Gasteiger partial charge in [0.05, 0.1) is 11.7 Å². The summed E-state index contributed by atoms with van der Waals surface area (Å²) in [5.41, 5.74) is 10.2. The van der Waals surface area contributed by atoms with Crippen molar-refractivity contribution in [2.45, 2.75) is 12.5 Å². The molecule has 6 aromatic rings. The maximum absolute atomic E-state index is 12.7. The van der Waals surface area contributed by atoms with Crippen LogP contribution in [0, 0.1) is 0 Å². The van der Waals surface area contributed by atoms with Gasteiger partial charge >= 0.3 is 11.9 Å². The highest BCUT2D eigenvalue weighted by atomic mass is 16.6. The van der Waals surface area contributed by atoms with E-state index >= 15 is 0 Å². The van der Waals surface area contributed by atoms with Crippen LogP contribution in [0.15, 0.2) is 91.3 Å². The first kappa shape index (κ1) is 24.0. The van der Waals surface area contributed by atoms with Gasteiger partial charge in [-0.3, -0.25) is 5.10 Å². The predicted molar refractivity (Wildman–Crippen MR) is 147 cm³/mol. The van der Waals surface area contributed by atoms with Crippen LogP contribution in [0.2, 0.25) is 0 Å². The molecule has 192 valence electrons. The third kappa shape index (κ3) is 5.22. The molecule has 0 radical (unpaired) electrons. The van der Waals surface area contributed by atoms with Crippen molar-refractivity contribution in [1.82, 2.24) is 25.1 Å². The molecule has 3 heterocycles. The maximum Gasteiger partial charge on any atom is 0.362 e. The van der Waals surface area contributed by atoms with Gasteiger partial charge in [0, 0.05) is 33.7 Å². The van der Waals surface area contributed by atoms with Crippen molar-refractivity contribution in [3.63, 3.8) is 0 Å². The predicted octanol–water partition coefficient (Wildman–Crippen LogP) is 4.50. The summed E-state index contributed by atoms with van der Waals surface area (Å²) in [7, 11) is 0. The Bertz CT molecular complexity index is 1810. The molecule has 0 spiro atoms. The van der Waals surface area contributed by atoms with Crippen molar-refractivity contribution in [3.05, 3.63) is 103 Å². The van der Waals surface area contributed by atoms with Gasteiger partial charge in [-0.25, -0.2) is 19.6 Å². The molecule has 10 nitrogen and oxygen atoms in total. The Balaban J connectivity index is 1.16. The normalized spacial score (nSPS) is 11.9. The largest absolute Gasteiger partial charge is 0.387 e. The van der Waals surface area contributed by atoms with Gasteiger partial charge in [-0.1, -0.05) is 42.5 Å². The zero-order valence-corrected chi connectivity index (χ0v) is 20.6. The number of nitrogens with zero attached hydrogens (tertiary/aromatic N) is 3. The summed E-state index contributed by atoms with van der Waals surface area (Å²) in [4.78, 5) is 37.1. The molecule has 5 N–H and O–H groups in total. The minimum Gasteiger partial charge on any atom is -0.387 e. The number of benzene rings is 3. The van der Waals surface area contributed by atoms with Gasteiger partial charge in [-0.05, 0) is 48.4 Å². The van der Waals surface area contributed by atoms with Crippen molar-refractivity contribution < 1.29 is 14.3 Å². The first-order chi connectivity index (χ1) is 19.0. The number of H-pyrrole nitrogens is 2. The molecule has 1 atom stereocenters. The number of nitrogens with two attached hydrogens (primary N) is 1. The number of ether oxygens (including phenoxy) is 1. The fourth-order valence-electron chi connectivity index (χ4n) is 4.29. The molecule has 0 aliphatic heterocycles.